The number of fused-ring (bicyclic) bond motifs is 1. The average Bonchev–Trinajstić information content (AvgIpc) is 3.46. The Hall–Kier alpha value is -3.83. The van der Waals surface area contributed by atoms with E-state index in [1.165, 1.54) is 15.5 Å². The van der Waals surface area contributed by atoms with Crippen LogP contribution in [0.15, 0.2) is 65.8 Å². The number of rotatable bonds is 5. The molecule has 6 rings (SSSR count). The Balaban J connectivity index is 1.29. The first-order valence-corrected chi connectivity index (χ1v) is 14.3. The molecule has 11 heteroatoms. The SMILES string of the molecule is CS(=O)(=O)N1CCC(CN2C(=O)C3(CN(C(=O)O)C3)N=C2c2ccc(-c3ccc4cccnc4c3)cc2)C1. The molecule has 0 radical (unpaired) electrons. The summed E-state index contributed by atoms with van der Waals surface area (Å²) in [6.45, 7) is 1.13. The molecule has 196 valence electrons. The van der Waals surface area contributed by atoms with Crippen molar-refractivity contribution in [2.75, 3.05) is 39.0 Å². The molecule has 0 bridgehead atoms. The minimum Gasteiger partial charge on any atom is -0.465 e. The van der Waals surface area contributed by atoms with Gasteiger partial charge in [-0.3, -0.25) is 14.7 Å². The summed E-state index contributed by atoms with van der Waals surface area (Å²) in [6, 6.07) is 17.8. The number of amides is 2. The van der Waals surface area contributed by atoms with Crippen LogP contribution in [0.5, 0.6) is 0 Å². The molecule has 3 aromatic rings. The number of hydrogen-bond acceptors (Lipinski definition) is 6. The van der Waals surface area contributed by atoms with E-state index in [0.29, 0.717) is 31.9 Å². The second kappa shape index (κ2) is 8.88. The molecular formula is C27H27N5O5S. The van der Waals surface area contributed by atoms with E-state index >= 15 is 0 Å². The fourth-order valence-corrected chi connectivity index (χ4v) is 6.46. The van der Waals surface area contributed by atoms with Crippen LogP contribution in [0.1, 0.15) is 12.0 Å². The van der Waals surface area contributed by atoms with E-state index < -0.39 is 21.7 Å². The molecule has 1 N–H and O–H groups in total. The van der Waals surface area contributed by atoms with E-state index in [9.17, 15) is 23.1 Å². The molecule has 3 aliphatic heterocycles. The third kappa shape index (κ3) is 4.21. The van der Waals surface area contributed by atoms with Crippen LogP contribution in [0.3, 0.4) is 0 Å². The minimum absolute atomic E-state index is 0.0173. The van der Waals surface area contributed by atoms with Gasteiger partial charge in [-0.25, -0.2) is 22.5 Å². The normalized spacial score (nSPS) is 21.2. The van der Waals surface area contributed by atoms with Crippen molar-refractivity contribution in [1.82, 2.24) is 19.1 Å². The predicted octanol–water partition coefficient (Wildman–Crippen LogP) is 2.50. The smallest absolute Gasteiger partial charge is 0.407 e. The van der Waals surface area contributed by atoms with Gasteiger partial charge in [0.15, 0.2) is 5.54 Å². The molecule has 38 heavy (non-hydrogen) atoms. The lowest BCUT2D eigenvalue weighted by Gasteiger charge is -2.42. The Bertz CT molecular complexity index is 1580. The number of carboxylic acid groups (broad SMARTS) is 1. The zero-order valence-corrected chi connectivity index (χ0v) is 21.6. The molecular weight excluding hydrogens is 506 g/mol. The molecule has 4 heterocycles. The van der Waals surface area contributed by atoms with Crippen LogP contribution in [-0.2, 0) is 14.8 Å². The molecule has 3 aliphatic rings. The first-order valence-electron chi connectivity index (χ1n) is 12.4. The van der Waals surface area contributed by atoms with E-state index in [2.05, 4.69) is 4.98 Å². The van der Waals surface area contributed by atoms with Crippen molar-refractivity contribution in [1.29, 1.82) is 0 Å². The number of benzene rings is 2. The van der Waals surface area contributed by atoms with Gasteiger partial charge in [0.2, 0.25) is 10.0 Å². The Morgan fingerprint density at radius 3 is 2.47 bits per heavy atom. The van der Waals surface area contributed by atoms with E-state index in [1.54, 1.807) is 11.1 Å². The van der Waals surface area contributed by atoms with Crippen LogP contribution >= 0.6 is 0 Å². The highest BCUT2D eigenvalue weighted by Gasteiger charge is 2.58. The highest BCUT2D eigenvalue weighted by Crippen LogP contribution is 2.36. The van der Waals surface area contributed by atoms with E-state index in [0.717, 1.165) is 27.6 Å². The number of likely N-dealkylation sites (tertiary alicyclic amines) is 1. The summed E-state index contributed by atoms with van der Waals surface area (Å²) in [5.74, 6) is 0.242. The molecule has 0 saturated carbocycles. The molecule has 0 aliphatic carbocycles. The van der Waals surface area contributed by atoms with E-state index in [-0.39, 0.29) is 24.9 Å². The first kappa shape index (κ1) is 24.5. The van der Waals surface area contributed by atoms with Crippen LogP contribution in [0, 0.1) is 5.92 Å². The van der Waals surface area contributed by atoms with Crippen molar-refractivity contribution in [2.45, 2.75) is 12.0 Å². The molecule has 2 amide bonds. The monoisotopic (exact) mass is 533 g/mol. The molecule has 2 aromatic carbocycles. The Morgan fingerprint density at radius 2 is 1.79 bits per heavy atom. The third-order valence-corrected chi connectivity index (χ3v) is 8.90. The average molecular weight is 534 g/mol. The van der Waals surface area contributed by atoms with Crippen molar-refractivity contribution >= 4 is 38.8 Å². The van der Waals surface area contributed by atoms with Gasteiger partial charge in [-0.1, -0.05) is 42.5 Å². The number of amidine groups is 1. The van der Waals surface area contributed by atoms with Crippen molar-refractivity contribution in [3.05, 3.63) is 66.4 Å². The van der Waals surface area contributed by atoms with Crippen molar-refractivity contribution in [3.8, 4) is 11.1 Å². The quantitative estimate of drug-likeness (QED) is 0.538. The number of carbonyl (C=O) groups excluding carboxylic acids is 1. The van der Waals surface area contributed by atoms with E-state index in [1.807, 2.05) is 54.6 Å². The molecule has 10 nitrogen and oxygen atoms in total. The summed E-state index contributed by atoms with van der Waals surface area (Å²) in [4.78, 5) is 37.0. The van der Waals surface area contributed by atoms with Crippen molar-refractivity contribution in [3.63, 3.8) is 0 Å². The maximum atomic E-state index is 13.6. The van der Waals surface area contributed by atoms with Gasteiger partial charge >= 0.3 is 6.09 Å². The van der Waals surface area contributed by atoms with Gasteiger partial charge in [-0.05, 0) is 35.6 Å². The van der Waals surface area contributed by atoms with Crippen LogP contribution < -0.4 is 0 Å². The molecule has 1 aromatic heterocycles. The standard InChI is InChI=1S/C27H27N5O5S/c1-38(36,37)31-12-10-18(14-31)15-32-24(29-27(25(32)33)16-30(17-27)26(34)35)21-7-4-19(5-8-21)22-9-6-20-3-2-11-28-23(20)13-22/h2-9,11,13,18H,10,12,14-17H2,1H3,(H,34,35). The fraction of sp³-hybridized carbons (Fsp3) is 0.333. The molecule has 2 saturated heterocycles. The largest absolute Gasteiger partial charge is 0.465 e. The summed E-state index contributed by atoms with van der Waals surface area (Å²) in [5, 5.41) is 10.4. The summed E-state index contributed by atoms with van der Waals surface area (Å²) in [7, 11) is -3.30. The second-order valence-corrected chi connectivity index (χ2v) is 12.3. The van der Waals surface area contributed by atoms with Gasteiger partial charge in [0, 0.05) is 36.8 Å². The second-order valence-electron chi connectivity index (χ2n) is 10.3. The number of aliphatic imine (C=N–C) groups is 1. The molecule has 1 atom stereocenters. The first-order chi connectivity index (χ1) is 18.1. The van der Waals surface area contributed by atoms with Crippen LogP contribution in [0.2, 0.25) is 0 Å². The summed E-state index contributed by atoms with van der Waals surface area (Å²) in [6.07, 6.45) is 2.53. The van der Waals surface area contributed by atoms with Crippen molar-refractivity contribution < 1.29 is 23.1 Å². The number of nitrogens with zero attached hydrogens (tertiary/aromatic N) is 5. The lowest BCUT2D eigenvalue weighted by Crippen LogP contribution is -2.66. The maximum Gasteiger partial charge on any atom is 0.407 e. The number of aromatic nitrogens is 1. The highest BCUT2D eigenvalue weighted by atomic mass is 32.2. The topological polar surface area (TPSA) is 123 Å². The highest BCUT2D eigenvalue weighted by molar-refractivity contribution is 7.88. The van der Waals surface area contributed by atoms with E-state index in [4.69, 9.17) is 4.99 Å². The Labute approximate surface area is 220 Å². The van der Waals surface area contributed by atoms with Crippen molar-refractivity contribution in [2.24, 2.45) is 10.9 Å². The number of hydrogen-bond donors (Lipinski definition) is 1. The minimum atomic E-state index is -3.30. The van der Waals surface area contributed by atoms with Gasteiger partial charge < -0.3 is 10.0 Å². The third-order valence-electron chi connectivity index (χ3n) is 7.63. The number of carbonyl (C=O) groups is 2. The number of pyridine rings is 1. The lowest BCUT2D eigenvalue weighted by atomic mass is 9.90. The molecule has 2 fully saturated rings. The lowest BCUT2D eigenvalue weighted by molar-refractivity contribution is -0.136. The Kier molecular flexibility index (Phi) is 5.73. The molecule has 1 spiro atoms. The predicted molar refractivity (Wildman–Crippen MR) is 142 cm³/mol. The van der Waals surface area contributed by atoms with Gasteiger partial charge in [0.25, 0.3) is 5.91 Å². The molecule has 1 unspecified atom stereocenters. The van der Waals surface area contributed by atoms with Crippen LogP contribution in [0.4, 0.5) is 4.79 Å². The van der Waals surface area contributed by atoms with Gasteiger partial charge in [-0.15, -0.1) is 0 Å². The summed E-state index contributed by atoms with van der Waals surface area (Å²) < 4.78 is 25.4. The maximum absolute atomic E-state index is 13.6. The van der Waals surface area contributed by atoms with Crippen LogP contribution in [-0.4, -0.2) is 95.0 Å². The fourth-order valence-electron chi connectivity index (χ4n) is 5.54. The zero-order chi connectivity index (χ0) is 26.7. The summed E-state index contributed by atoms with van der Waals surface area (Å²) >= 11 is 0. The zero-order valence-electron chi connectivity index (χ0n) is 20.8. The van der Waals surface area contributed by atoms with Gasteiger partial charge in [-0.2, -0.15) is 0 Å². The van der Waals surface area contributed by atoms with Crippen LogP contribution in [0.25, 0.3) is 22.0 Å². The Morgan fingerprint density at radius 1 is 1.08 bits per heavy atom. The van der Waals surface area contributed by atoms with Gasteiger partial charge in [0.05, 0.1) is 24.9 Å². The van der Waals surface area contributed by atoms with Gasteiger partial charge in [0.1, 0.15) is 5.84 Å². The number of sulfonamides is 1. The summed E-state index contributed by atoms with van der Waals surface area (Å²) in [5.41, 5.74) is 2.55.